The number of likely N-dealkylation sites (N-methyl/N-ethyl adjacent to an activating group) is 1. The van der Waals surface area contributed by atoms with Crippen LogP contribution < -0.4 is 5.32 Å². The lowest BCUT2D eigenvalue weighted by Gasteiger charge is -2.20. The minimum absolute atomic E-state index is 0.225. The summed E-state index contributed by atoms with van der Waals surface area (Å²) in [4.78, 5) is 4.16. The third-order valence-corrected chi connectivity index (χ3v) is 4.04. The molecule has 1 N–H and O–H groups in total. The number of aryl methyl sites for hydroxylation is 3. The third kappa shape index (κ3) is 3.02. The molecule has 0 bridgehead atoms. The average molecular weight is 293 g/mol. The van der Waals surface area contributed by atoms with Crippen LogP contribution in [0.15, 0.2) is 18.5 Å². The van der Waals surface area contributed by atoms with Crippen LogP contribution in [-0.2, 0) is 13.5 Å². The number of nitrogens with zero attached hydrogens (tertiary/aromatic N) is 3. The topological polar surface area (TPSA) is 42.7 Å². The van der Waals surface area contributed by atoms with E-state index in [2.05, 4.69) is 35.3 Å². The molecule has 2 rings (SSSR count). The van der Waals surface area contributed by atoms with Crippen molar-refractivity contribution in [3.05, 3.63) is 46.0 Å². The summed E-state index contributed by atoms with van der Waals surface area (Å²) < 4.78 is 1.73. The maximum absolute atomic E-state index is 6.35. The van der Waals surface area contributed by atoms with E-state index in [-0.39, 0.29) is 6.04 Å². The van der Waals surface area contributed by atoms with Crippen molar-refractivity contribution in [3.63, 3.8) is 0 Å². The Morgan fingerprint density at radius 1 is 1.40 bits per heavy atom. The fraction of sp³-hybridized carbons (Fsp3) is 0.467. The normalized spacial score (nSPS) is 12.7. The Bertz CT molecular complexity index is 592. The molecule has 0 spiro atoms. The zero-order valence-electron chi connectivity index (χ0n) is 12.4. The molecule has 0 radical (unpaired) electrons. The second kappa shape index (κ2) is 6.37. The van der Waals surface area contributed by atoms with Gasteiger partial charge in [-0.1, -0.05) is 18.5 Å². The van der Waals surface area contributed by atoms with E-state index in [9.17, 15) is 0 Å². The number of nitrogens with one attached hydrogen (secondary N) is 1. The quantitative estimate of drug-likeness (QED) is 0.921. The van der Waals surface area contributed by atoms with Gasteiger partial charge in [-0.3, -0.25) is 9.67 Å². The van der Waals surface area contributed by atoms with Crippen molar-refractivity contribution in [2.75, 3.05) is 6.54 Å². The minimum atomic E-state index is 0.225. The summed E-state index contributed by atoms with van der Waals surface area (Å²) >= 11 is 6.35. The molecule has 0 aliphatic heterocycles. The van der Waals surface area contributed by atoms with Crippen LogP contribution in [0.5, 0.6) is 0 Å². The van der Waals surface area contributed by atoms with E-state index in [1.54, 1.807) is 4.68 Å². The summed E-state index contributed by atoms with van der Waals surface area (Å²) in [6.07, 6.45) is 4.57. The monoisotopic (exact) mass is 292 g/mol. The predicted octanol–water partition coefficient (Wildman–Crippen LogP) is 2.98. The van der Waals surface area contributed by atoms with E-state index in [0.29, 0.717) is 0 Å². The van der Waals surface area contributed by atoms with Gasteiger partial charge in [0.25, 0.3) is 0 Å². The van der Waals surface area contributed by atoms with Gasteiger partial charge in [0.2, 0.25) is 0 Å². The molecule has 0 saturated heterocycles. The highest BCUT2D eigenvalue weighted by atomic mass is 35.5. The maximum atomic E-state index is 6.35. The lowest BCUT2D eigenvalue weighted by Crippen LogP contribution is -2.24. The molecule has 108 valence electrons. The van der Waals surface area contributed by atoms with Crippen LogP contribution in [0.1, 0.15) is 35.3 Å². The minimum Gasteiger partial charge on any atom is -0.310 e. The lowest BCUT2D eigenvalue weighted by atomic mass is 9.97. The summed E-state index contributed by atoms with van der Waals surface area (Å²) in [6.45, 7) is 7.11. The van der Waals surface area contributed by atoms with Crippen LogP contribution in [0.4, 0.5) is 0 Å². The Morgan fingerprint density at radius 2 is 2.15 bits per heavy atom. The maximum Gasteiger partial charge on any atom is 0.130 e. The first-order valence-electron chi connectivity index (χ1n) is 6.86. The van der Waals surface area contributed by atoms with Gasteiger partial charge in [0.15, 0.2) is 0 Å². The summed E-state index contributed by atoms with van der Waals surface area (Å²) in [5, 5.41) is 8.63. The van der Waals surface area contributed by atoms with Crippen LogP contribution in [0.2, 0.25) is 5.15 Å². The Labute approximate surface area is 125 Å². The molecule has 5 heteroatoms. The molecule has 0 aliphatic carbocycles. The van der Waals surface area contributed by atoms with Gasteiger partial charge in [-0.05, 0) is 44.0 Å². The molecule has 2 heterocycles. The number of halogens is 1. The average Bonchev–Trinajstić information content (AvgIpc) is 2.65. The summed E-state index contributed by atoms with van der Waals surface area (Å²) in [5.41, 5.74) is 4.56. The second-order valence-corrected chi connectivity index (χ2v) is 5.38. The van der Waals surface area contributed by atoms with Crippen LogP contribution in [-0.4, -0.2) is 21.3 Å². The third-order valence-electron chi connectivity index (χ3n) is 3.57. The molecule has 2 aromatic heterocycles. The molecule has 0 fully saturated rings. The van der Waals surface area contributed by atoms with E-state index < -0.39 is 0 Å². The van der Waals surface area contributed by atoms with Gasteiger partial charge in [-0.15, -0.1) is 0 Å². The van der Waals surface area contributed by atoms with Crippen LogP contribution in [0.3, 0.4) is 0 Å². The van der Waals surface area contributed by atoms with Gasteiger partial charge in [0.1, 0.15) is 5.15 Å². The molecule has 1 atom stereocenters. The highest BCUT2D eigenvalue weighted by Gasteiger charge is 2.19. The highest BCUT2D eigenvalue weighted by molar-refractivity contribution is 6.30. The zero-order chi connectivity index (χ0) is 14.7. The Balaban J connectivity index is 2.33. The first kappa shape index (κ1) is 15.0. The lowest BCUT2D eigenvalue weighted by molar-refractivity contribution is 0.545. The van der Waals surface area contributed by atoms with E-state index in [1.165, 1.54) is 11.1 Å². The van der Waals surface area contributed by atoms with Crippen molar-refractivity contribution in [3.8, 4) is 0 Å². The largest absolute Gasteiger partial charge is 0.310 e. The molecule has 20 heavy (non-hydrogen) atoms. The van der Waals surface area contributed by atoms with Gasteiger partial charge < -0.3 is 5.32 Å². The predicted molar refractivity (Wildman–Crippen MR) is 82.1 cm³/mol. The number of hydrogen-bond donors (Lipinski definition) is 1. The first-order valence-corrected chi connectivity index (χ1v) is 7.24. The zero-order valence-corrected chi connectivity index (χ0v) is 13.2. The summed E-state index contributed by atoms with van der Waals surface area (Å²) in [5.74, 6) is 0. The molecule has 1 unspecified atom stereocenters. The van der Waals surface area contributed by atoms with Crippen molar-refractivity contribution < 1.29 is 0 Å². The molecule has 4 nitrogen and oxygen atoms in total. The smallest absolute Gasteiger partial charge is 0.130 e. The Morgan fingerprint density at radius 3 is 2.70 bits per heavy atom. The van der Waals surface area contributed by atoms with Crippen LogP contribution >= 0.6 is 11.6 Å². The number of rotatable bonds is 5. The van der Waals surface area contributed by atoms with Gasteiger partial charge in [0, 0.05) is 31.0 Å². The molecular weight excluding hydrogens is 272 g/mol. The fourth-order valence-corrected chi connectivity index (χ4v) is 2.78. The highest BCUT2D eigenvalue weighted by Crippen LogP contribution is 2.26. The van der Waals surface area contributed by atoms with Crippen molar-refractivity contribution in [1.29, 1.82) is 0 Å². The molecule has 0 aliphatic rings. The van der Waals surface area contributed by atoms with E-state index in [1.807, 2.05) is 26.4 Å². The van der Waals surface area contributed by atoms with Crippen LogP contribution in [0, 0.1) is 13.8 Å². The molecule has 2 aromatic rings. The summed E-state index contributed by atoms with van der Waals surface area (Å²) in [7, 11) is 1.87. The van der Waals surface area contributed by atoms with E-state index >= 15 is 0 Å². The van der Waals surface area contributed by atoms with Gasteiger partial charge in [-0.25, -0.2) is 0 Å². The SMILES string of the molecule is CCNC(Cc1c(C)nn(C)c1Cl)c1ccncc1C. The molecule has 0 amide bonds. The Hall–Kier alpha value is -1.39. The standard InChI is InChI=1S/C15H21ClN4/c1-5-18-14(12-6-7-17-9-10(12)2)8-13-11(3)19-20(4)15(13)16/h6-7,9,14,18H,5,8H2,1-4H3. The number of pyridine rings is 1. The number of aromatic nitrogens is 3. The first-order chi connectivity index (χ1) is 9.54. The van der Waals surface area contributed by atoms with Crippen molar-refractivity contribution in [2.45, 2.75) is 33.2 Å². The van der Waals surface area contributed by atoms with Crippen molar-refractivity contribution >= 4 is 11.6 Å². The summed E-state index contributed by atoms with van der Waals surface area (Å²) in [6, 6.07) is 2.30. The van der Waals surface area contributed by atoms with Gasteiger partial charge >= 0.3 is 0 Å². The Kier molecular flexibility index (Phi) is 4.78. The molecule has 0 aromatic carbocycles. The number of hydrogen-bond acceptors (Lipinski definition) is 3. The second-order valence-electron chi connectivity index (χ2n) is 5.03. The van der Waals surface area contributed by atoms with E-state index in [0.717, 1.165) is 29.4 Å². The molecular formula is C15H21ClN4. The van der Waals surface area contributed by atoms with Crippen LogP contribution in [0.25, 0.3) is 0 Å². The fourth-order valence-electron chi connectivity index (χ4n) is 2.52. The van der Waals surface area contributed by atoms with Crippen molar-refractivity contribution in [2.24, 2.45) is 7.05 Å². The van der Waals surface area contributed by atoms with Gasteiger partial charge in [-0.2, -0.15) is 5.10 Å². The molecule has 0 saturated carbocycles. The van der Waals surface area contributed by atoms with E-state index in [4.69, 9.17) is 11.6 Å². The van der Waals surface area contributed by atoms with Gasteiger partial charge in [0.05, 0.1) is 5.69 Å². The van der Waals surface area contributed by atoms with Crippen molar-refractivity contribution in [1.82, 2.24) is 20.1 Å².